The second kappa shape index (κ2) is 9.19. The Labute approximate surface area is 178 Å². The van der Waals surface area contributed by atoms with Gasteiger partial charge in [-0.2, -0.15) is 10.1 Å². The van der Waals surface area contributed by atoms with Gasteiger partial charge in [0.25, 0.3) is 0 Å². The molecule has 4 aromatic rings. The summed E-state index contributed by atoms with van der Waals surface area (Å²) in [6.07, 6.45) is 1.80. The van der Waals surface area contributed by atoms with Gasteiger partial charge >= 0.3 is 0 Å². The molecule has 0 atom stereocenters. The first kappa shape index (κ1) is 20.3. The van der Waals surface area contributed by atoms with Gasteiger partial charge in [0.2, 0.25) is 11.7 Å². The molecular formula is C22H21ClFN5O. The number of benzene rings is 2. The summed E-state index contributed by atoms with van der Waals surface area (Å²) in [5, 5.41) is 12.0. The topological polar surface area (TPSA) is 70.8 Å². The molecule has 2 heterocycles. The van der Waals surface area contributed by atoms with Crippen LogP contribution in [-0.4, -0.2) is 38.8 Å². The van der Waals surface area contributed by atoms with Gasteiger partial charge in [-0.3, -0.25) is 10.00 Å². The summed E-state index contributed by atoms with van der Waals surface area (Å²) in [7, 11) is 2.01. The second-order valence-corrected chi connectivity index (χ2v) is 7.59. The third kappa shape index (κ3) is 5.11. The molecule has 4 rings (SSSR count). The smallest absolute Gasteiger partial charge is 0.241 e. The Hall–Kier alpha value is -3.03. The molecule has 0 fully saturated rings. The highest BCUT2D eigenvalue weighted by atomic mass is 35.5. The van der Waals surface area contributed by atoms with Gasteiger partial charge in [0, 0.05) is 21.8 Å². The maximum atomic E-state index is 13.1. The zero-order chi connectivity index (χ0) is 20.9. The van der Waals surface area contributed by atoms with E-state index in [1.54, 1.807) is 12.1 Å². The van der Waals surface area contributed by atoms with Gasteiger partial charge in [-0.1, -0.05) is 28.9 Å². The van der Waals surface area contributed by atoms with Crippen molar-refractivity contribution in [2.24, 2.45) is 0 Å². The van der Waals surface area contributed by atoms with Crippen molar-refractivity contribution in [3.05, 3.63) is 77.0 Å². The molecule has 0 aliphatic heterocycles. The van der Waals surface area contributed by atoms with Crippen molar-refractivity contribution >= 4 is 11.6 Å². The number of halogens is 2. The summed E-state index contributed by atoms with van der Waals surface area (Å²) in [5.74, 6) is 0.845. The standard InChI is InChI=1S/C22H21ClFN5O/c1-29(14-21-25-22(28-30-21)16-4-2-5-17(23)12-16)11-3-6-19-13-20(27-26-19)15-7-9-18(24)10-8-15/h2,4-5,7-10,12-13H,3,6,11,14H2,1H3,(H,26,27). The Morgan fingerprint density at radius 1 is 1.10 bits per heavy atom. The summed E-state index contributed by atoms with van der Waals surface area (Å²) < 4.78 is 18.4. The maximum Gasteiger partial charge on any atom is 0.241 e. The molecule has 30 heavy (non-hydrogen) atoms. The molecule has 0 aliphatic rings. The molecule has 8 heteroatoms. The van der Waals surface area contributed by atoms with Crippen LogP contribution in [0.1, 0.15) is 18.0 Å². The third-order valence-electron chi connectivity index (χ3n) is 4.71. The number of aromatic amines is 1. The molecule has 2 aromatic carbocycles. The van der Waals surface area contributed by atoms with Crippen molar-refractivity contribution in [2.75, 3.05) is 13.6 Å². The highest BCUT2D eigenvalue weighted by Gasteiger charge is 2.11. The number of hydrogen-bond acceptors (Lipinski definition) is 5. The molecule has 0 amide bonds. The number of H-pyrrole nitrogens is 1. The quantitative estimate of drug-likeness (QED) is 0.431. The van der Waals surface area contributed by atoms with Crippen LogP contribution >= 0.6 is 11.6 Å². The van der Waals surface area contributed by atoms with E-state index in [1.165, 1.54) is 12.1 Å². The lowest BCUT2D eigenvalue weighted by Gasteiger charge is -2.13. The van der Waals surface area contributed by atoms with Crippen LogP contribution in [0.5, 0.6) is 0 Å². The largest absolute Gasteiger partial charge is 0.338 e. The van der Waals surface area contributed by atoms with Crippen molar-refractivity contribution in [3.8, 4) is 22.6 Å². The molecule has 0 unspecified atom stereocenters. The van der Waals surface area contributed by atoms with Crippen LogP contribution in [0.4, 0.5) is 4.39 Å². The number of rotatable bonds is 8. The average Bonchev–Trinajstić information content (AvgIpc) is 3.38. The molecular weight excluding hydrogens is 405 g/mol. The highest BCUT2D eigenvalue weighted by molar-refractivity contribution is 6.30. The van der Waals surface area contributed by atoms with Gasteiger partial charge in [-0.25, -0.2) is 4.39 Å². The average molecular weight is 426 g/mol. The van der Waals surface area contributed by atoms with Gasteiger partial charge in [0.1, 0.15) is 5.82 Å². The lowest BCUT2D eigenvalue weighted by molar-refractivity contribution is 0.264. The number of nitrogens with zero attached hydrogens (tertiary/aromatic N) is 4. The molecule has 0 bridgehead atoms. The van der Waals surface area contributed by atoms with Crippen LogP contribution in [0, 0.1) is 5.82 Å². The van der Waals surface area contributed by atoms with Crippen LogP contribution in [0.25, 0.3) is 22.6 Å². The van der Waals surface area contributed by atoms with Gasteiger partial charge in [-0.05, 0) is 68.9 Å². The van der Waals surface area contributed by atoms with Crippen molar-refractivity contribution in [1.29, 1.82) is 0 Å². The van der Waals surface area contributed by atoms with Crippen molar-refractivity contribution in [1.82, 2.24) is 25.2 Å². The molecule has 2 aromatic heterocycles. The van der Waals surface area contributed by atoms with Crippen molar-refractivity contribution in [3.63, 3.8) is 0 Å². The molecule has 6 nitrogen and oxygen atoms in total. The Kier molecular flexibility index (Phi) is 6.21. The summed E-state index contributed by atoms with van der Waals surface area (Å²) >= 11 is 6.02. The summed E-state index contributed by atoms with van der Waals surface area (Å²) in [5.41, 5.74) is 3.58. The van der Waals surface area contributed by atoms with Gasteiger partial charge in [0.15, 0.2) is 0 Å². The van der Waals surface area contributed by atoms with Gasteiger partial charge in [0.05, 0.1) is 12.2 Å². The van der Waals surface area contributed by atoms with Crippen LogP contribution in [0.3, 0.4) is 0 Å². The predicted octanol–water partition coefficient (Wildman–Crippen LogP) is 4.98. The predicted molar refractivity (Wildman–Crippen MR) is 113 cm³/mol. The van der Waals surface area contributed by atoms with E-state index in [1.807, 2.05) is 37.4 Å². The Balaban J connectivity index is 1.27. The van der Waals surface area contributed by atoms with E-state index in [0.29, 0.717) is 23.3 Å². The van der Waals surface area contributed by atoms with Crippen molar-refractivity contribution < 1.29 is 8.91 Å². The van der Waals surface area contributed by atoms with E-state index in [4.69, 9.17) is 16.1 Å². The van der Waals surface area contributed by atoms with E-state index >= 15 is 0 Å². The molecule has 0 aliphatic carbocycles. The van der Waals surface area contributed by atoms with Gasteiger partial charge in [-0.15, -0.1) is 0 Å². The minimum atomic E-state index is -0.251. The van der Waals surface area contributed by atoms with E-state index in [0.717, 1.165) is 41.9 Å². The first-order chi connectivity index (χ1) is 14.6. The van der Waals surface area contributed by atoms with Crippen LogP contribution in [0.2, 0.25) is 5.02 Å². The molecule has 154 valence electrons. The normalized spacial score (nSPS) is 11.3. The number of aryl methyl sites for hydroxylation is 1. The van der Waals surface area contributed by atoms with Crippen LogP contribution < -0.4 is 0 Å². The zero-order valence-electron chi connectivity index (χ0n) is 16.5. The molecule has 0 spiro atoms. The molecule has 0 saturated heterocycles. The Bertz CT molecular complexity index is 1110. The fourth-order valence-electron chi connectivity index (χ4n) is 3.17. The summed E-state index contributed by atoms with van der Waals surface area (Å²) in [6.45, 7) is 1.43. The molecule has 0 saturated carbocycles. The second-order valence-electron chi connectivity index (χ2n) is 7.15. The monoisotopic (exact) mass is 425 g/mol. The summed E-state index contributed by atoms with van der Waals surface area (Å²) in [4.78, 5) is 6.58. The lowest BCUT2D eigenvalue weighted by Crippen LogP contribution is -2.19. The Morgan fingerprint density at radius 2 is 1.93 bits per heavy atom. The Morgan fingerprint density at radius 3 is 2.73 bits per heavy atom. The van der Waals surface area contributed by atoms with E-state index in [-0.39, 0.29) is 5.82 Å². The minimum Gasteiger partial charge on any atom is -0.338 e. The zero-order valence-corrected chi connectivity index (χ0v) is 17.2. The first-order valence-electron chi connectivity index (χ1n) is 9.64. The number of aromatic nitrogens is 4. The molecule has 1 N–H and O–H groups in total. The van der Waals surface area contributed by atoms with E-state index in [9.17, 15) is 4.39 Å². The first-order valence-corrected chi connectivity index (χ1v) is 10.0. The highest BCUT2D eigenvalue weighted by Crippen LogP contribution is 2.21. The SMILES string of the molecule is CN(CCCc1cc(-c2ccc(F)cc2)n[nH]1)Cc1nc(-c2cccc(Cl)c2)no1. The van der Waals surface area contributed by atoms with E-state index < -0.39 is 0 Å². The van der Waals surface area contributed by atoms with Crippen LogP contribution in [0.15, 0.2) is 59.1 Å². The maximum absolute atomic E-state index is 13.1. The molecule has 0 radical (unpaired) electrons. The minimum absolute atomic E-state index is 0.251. The third-order valence-corrected chi connectivity index (χ3v) is 4.95. The fourth-order valence-corrected chi connectivity index (χ4v) is 3.36. The fraction of sp³-hybridized carbons (Fsp3) is 0.227. The number of hydrogen-bond donors (Lipinski definition) is 1. The lowest BCUT2D eigenvalue weighted by atomic mass is 10.1. The number of nitrogens with one attached hydrogen (secondary N) is 1. The van der Waals surface area contributed by atoms with Crippen LogP contribution in [-0.2, 0) is 13.0 Å². The summed E-state index contributed by atoms with van der Waals surface area (Å²) in [6, 6.07) is 15.7. The van der Waals surface area contributed by atoms with Crippen molar-refractivity contribution in [2.45, 2.75) is 19.4 Å². The van der Waals surface area contributed by atoms with E-state index in [2.05, 4.69) is 25.2 Å². The van der Waals surface area contributed by atoms with Gasteiger partial charge < -0.3 is 4.52 Å².